The van der Waals surface area contributed by atoms with E-state index in [0.29, 0.717) is 42.4 Å². The SMILES string of the molecule is Cc1ccc(NC(=O)c2cc(CN3CCCC3)cc(C(F)(F)F)c2)cc1-n1cc(-c2cncc(N3CCOCC3)c2)nn1. The van der Waals surface area contributed by atoms with Crippen LogP contribution in [0.2, 0.25) is 0 Å². The molecule has 1 amide bonds. The lowest BCUT2D eigenvalue weighted by atomic mass is 10.0. The normalized spacial score (nSPS) is 16.0. The van der Waals surface area contributed by atoms with E-state index in [1.54, 1.807) is 35.3 Å². The number of benzene rings is 2. The van der Waals surface area contributed by atoms with Crippen molar-refractivity contribution in [3.8, 4) is 16.9 Å². The maximum absolute atomic E-state index is 13.7. The fourth-order valence-electron chi connectivity index (χ4n) is 5.49. The maximum atomic E-state index is 13.7. The van der Waals surface area contributed by atoms with Gasteiger partial charge in [-0.05, 0) is 80.4 Å². The minimum atomic E-state index is -4.56. The number of aromatic nitrogens is 4. The fraction of sp³-hybridized carbons (Fsp3) is 0.355. The van der Waals surface area contributed by atoms with Crippen molar-refractivity contribution >= 4 is 17.3 Å². The van der Waals surface area contributed by atoms with Gasteiger partial charge in [-0.25, -0.2) is 4.68 Å². The Morgan fingerprint density at radius 3 is 2.56 bits per heavy atom. The van der Waals surface area contributed by atoms with Crippen molar-refractivity contribution in [1.82, 2.24) is 24.9 Å². The van der Waals surface area contributed by atoms with Gasteiger partial charge in [0.05, 0.1) is 42.5 Å². The molecule has 2 aliphatic heterocycles. The molecule has 0 atom stereocenters. The molecule has 4 aromatic rings. The first-order valence-electron chi connectivity index (χ1n) is 14.3. The molecule has 6 rings (SSSR count). The van der Waals surface area contributed by atoms with E-state index in [0.717, 1.165) is 68.0 Å². The molecule has 0 aliphatic carbocycles. The fourth-order valence-corrected chi connectivity index (χ4v) is 5.49. The van der Waals surface area contributed by atoms with Gasteiger partial charge in [0.1, 0.15) is 5.69 Å². The van der Waals surface area contributed by atoms with Crippen LogP contribution < -0.4 is 10.2 Å². The van der Waals surface area contributed by atoms with Crippen LogP contribution in [0, 0.1) is 6.92 Å². The lowest BCUT2D eigenvalue weighted by Crippen LogP contribution is -2.36. The predicted molar refractivity (Wildman–Crippen MR) is 156 cm³/mol. The van der Waals surface area contributed by atoms with Crippen LogP contribution in [-0.4, -0.2) is 70.2 Å². The quantitative estimate of drug-likeness (QED) is 0.310. The van der Waals surface area contributed by atoms with E-state index in [1.807, 2.05) is 25.3 Å². The van der Waals surface area contributed by atoms with Gasteiger partial charge in [-0.2, -0.15) is 13.2 Å². The number of carbonyl (C=O) groups is 1. The van der Waals surface area contributed by atoms with Crippen molar-refractivity contribution in [2.24, 2.45) is 0 Å². The molecule has 43 heavy (non-hydrogen) atoms. The standard InChI is InChI=1S/C31H32F3N7O2/c1-21-4-5-26(36-30(42)23-12-22(19-39-6-2-3-7-39)13-25(14-23)31(32,33)34)16-29(21)41-20-28(37-38-41)24-15-27(18-35-17-24)40-8-10-43-11-9-40/h4-5,12-18,20H,2-3,6-11,19H2,1H3,(H,36,42). The second kappa shape index (κ2) is 12.1. The van der Waals surface area contributed by atoms with E-state index in [2.05, 4.69) is 30.4 Å². The van der Waals surface area contributed by atoms with Gasteiger partial charge in [-0.3, -0.25) is 14.7 Å². The van der Waals surface area contributed by atoms with Crippen LogP contribution in [0.4, 0.5) is 24.5 Å². The number of nitrogens with one attached hydrogen (secondary N) is 1. The van der Waals surface area contributed by atoms with Crippen LogP contribution in [0.15, 0.2) is 61.1 Å². The number of likely N-dealkylation sites (tertiary alicyclic amines) is 1. The van der Waals surface area contributed by atoms with Gasteiger partial charge >= 0.3 is 6.18 Å². The highest BCUT2D eigenvalue weighted by molar-refractivity contribution is 6.04. The molecule has 2 aromatic carbocycles. The van der Waals surface area contributed by atoms with Gasteiger partial charge in [-0.1, -0.05) is 11.3 Å². The number of rotatable bonds is 7. The number of hydrogen-bond acceptors (Lipinski definition) is 7. The molecule has 0 radical (unpaired) electrons. The van der Waals surface area contributed by atoms with E-state index >= 15 is 0 Å². The van der Waals surface area contributed by atoms with E-state index < -0.39 is 17.6 Å². The summed E-state index contributed by atoms with van der Waals surface area (Å²) in [6.45, 7) is 6.86. The number of halogens is 3. The predicted octanol–water partition coefficient (Wildman–Crippen LogP) is 5.34. The molecule has 224 valence electrons. The monoisotopic (exact) mass is 591 g/mol. The minimum absolute atomic E-state index is 0.0400. The number of aryl methyl sites for hydroxylation is 1. The van der Waals surface area contributed by atoms with Crippen LogP contribution in [0.5, 0.6) is 0 Å². The van der Waals surface area contributed by atoms with Crippen LogP contribution in [0.25, 0.3) is 16.9 Å². The molecule has 2 saturated heterocycles. The highest BCUT2D eigenvalue weighted by Gasteiger charge is 2.32. The van der Waals surface area contributed by atoms with Gasteiger partial charge in [0.2, 0.25) is 0 Å². The molecule has 0 unspecified atom stereocenters. The summed E-state index contributed by atoms with van der Waals surface area (Å²) >= 11 is 0. The van der Waals surface area contributed by atoms with Crippen molar-refractivity contribution < 1.29 is 22.7 Å². The minimum Gasteiger partial charge on any atom is -0.378 e. The summed E-state index contributed by atoms with van der Waals surface area (Å²) in [5.74, 6) is -0.617. The molecule has 0 bridgehead atoms. The molecular formula is C31H32F3N7O2. The van der Waals surface area contributed by atoms with Crippen molar-refractivity contribution in [1.29, 1.82) is 0 Å². The molecule has 1 N–H and O–H groups in total. The number of pyridine rings is 1. The molecule has 9 nitrogen and oxygen atoms in total. The first kappa shape index (κ1) is 28.8. The third kappa shape index (κ3) is 6.70. The van der Waals surface area contributed by atoms with Gasteiger partial charge in [0.25, 0.3) is 5.91 Å². The molecule has 2 aromatic heterocycles. The Morgan fingerprint density at radius 1 is 1.00 bits per heavy atom. The van der Waals surface area contributed by atoms with Gasteiger partial charge < -0.3 is 15.0 Å². The highest BCUT2D eigenvalue weighted by atomic mass is 19.4. The van der Waals surface area contributed by atoms with Gasteiger partial charge in [0.15, 0.2) is 0 Å². The molecule has 2 fully saturated rings. The molecule has 2 aliphatic rings. The van der Waals surface area contributed by atoms with Crippen LogP contribution >= 0.6 is 0 Å². The summed E-state index contributed by atoms with van der Waals surface area (Å²) in [7, 11) is 0. The molecule has 0 spiro atoms. The van der Waals surface area contributed by atoms with E-state index in [4.69, 9.17) is 4.74 Å². The number of morpholine rings is 1. The molecule has 12 heteroatoms. The van der Waals surface area contributed by atoms with Crippen LogP contribution in [-0.2, 0) is 17.5 Å². The number of alkyl halides is 3. The summed E-state index contributed by atoms with van der Waals surface area (Å²) in [4.78, 5) is 21.9. The van der Waals surface area contributed by atoms with Crippen LogP contribution in [0.3, 0.4) is 0 Å². The topological polar surface area (TPSA) is 88.4 Å². The Labute approximate surface area is 247 Å². The lowest BCUT2D eigenvalue weighted by Gasteiger charge is -2.28. The van der Waals surface area contributed by atoms with Crippen molar-refractivity contribution in [2.45, 2.75) is 32.5 Å². The smallest absolute Gasteiger partial charge is 0.378 e. The van der Waals surface area contributed by atoms with Crippen molar-refractivity contribution in [3.05, 3.63) is 83.3 Å². The maximum Gasteiger partial charge on any atom is 0.416 e. The molecule has 0 saturated carbocycles. The third-order valence-electron chi connectivity index (χ3n) is 7.79. The number of carbonyl (C=O) groups excluding carboxylic acids is 1. The average molecular weight is 592 g/mol. The number of amides is 1. The Kier molecular flexibility index (Phi) is 8.13. The Hall–Kier alpha value is -4.29. The zero-order valence-electron chi connectivity index (χ0n) is 23.8. The summed E-state index contributed by atoms with van der Waals surface area (Å²) in [6.07, 6.45) is 2.81. The van der Waals surface area contributed by atoms with Gasteiger partial charge in [-0.15, -0.1) is 5.10 Å². The summed E-state index contributed by atoms with van der Waals surface area (Å²) in [5.41, 5.74) is 4.00. The average Bonchev–Trinajstić information content (AvgIpc) is 3.71. The first-order chi connectivity index (χ1) is 20.7. The first-order valence-corrected chi connectivity index (χ1v) is 14.3. The Bertz CT molecular complexity index is 1610. The molecular weight excluding hydrogens is 559 g/mol. The Balaban J connectivity index is 1.22. The van der Waals surface area contributed by atoms with Crippen molar-refractivity contribution in [2.75, 3.05) is 49.6 Å². The lowest BCUT2D eigenvalue weighted by molar-refractivity contribution is -0.137. The number of ether oxygens (including phenoxy) is 1. The highest BCUT2D eigenvalue weighted by Crippen LogP contribution is 2.32. The van der Waals surface area contributed by atoms with E-state index in [-0.39, 0.29) is 5.56 Å². The summed E-state index contributed by atoms with van der Waals surface area (Å²) < 4.78 is 48.2. The van der Waals surface area contributed by atoms with E-state index in [1.165, 1.54) is 0 Å². The summed E-state index contributed by atoms with van der Waals surface area (Å²) in [5, 5.41) is 11.4. The molecule has 4 heterocycles. The summed E-state index contributed by atoms with van der Waals surface area (Å²) in [6, 6.07) is 10.9. The number of hydrogen-bond donors (Lipinski definition) is 1. The van der Waals surface area contributed by atoms with Gasteiger partial charge in [0, 0.05) is 42.6 Å². The zero-order valence-corrected chi connectivity index (χ0v) is 23.8. The second-order valence-electron chi connectivity index (χ2n) is 10.9. The largest absolute Gasteiger partial charge is 0.416 e. The zero-order chi connectivity index (χ0) is 30.0. The van der Waals surface area contributed by atoms with Crippen molar-refractivity contribution in [3.63, 3.8) is 0 Å². The van der Waals surface area contributed by atoms with E-state index in [9.17, 15) is 18.0 Å². The second-order valence-corrected chi connectivity index (χ2v) is 10.9. The Morgan fingerprint density at radius 2 is 1.79 bits per heavy atom. The van der Waals surface area contributed by atoms with Crippen LogP contribution in [0.1, 0.15) is 39.9 Å². The number of anilines is 2. The number of nitrogens with zero attached hydrogens (tertiary/aromatic N) is 6. The third-order valence-corrected chi connectivity index (χ3v) is 7.79.